The van der Waals surface area contributed by atoms with Crippen LogP contribution in [0.15, 0.2) is 5.10 Å². The lowest BCUT2D eigenvalue weighted by molar-refractivity contribution is 0.257. The summed E-state index contributed by atoms with van der Waals surface area (Å²) in [5.74, 6) is 0.653. The van der Waals surface area contributed by atoms with Gasteiger partial charge in [-0.15, -0.1) is 0 Å². The van der Waals surface area contributed by atoms with Gasteiger partial charge in [-0.25, -0.2) is 0 Å². The lowest BCUT2D eigenvalue weighted by Gasteiger charge is -2.19. The Kier molecular flexibility index (Phi) is 1.43. The van der Waals surface area contributed by atoms with E-state index in [2.05, 4.69) is 15.8 Å². The molecule has 0 aromatic carbocycles. The molecule has 1 amide bonds. The summed E-state index contributed by atoms with van der Waals surface area (Å²) in [5.41, 5.74) is 8.21. The number of nitrogens with two attached hydrogens (primary N) is 1. The number of thioether (sulfide) groups is 2. The molecule has 0 aromatic heterocycles. The van der Waals surface area contributed by atoms with E-state index >= 15 is 0 Å². The summed E-state index contributed by atoms with van der Waals surface area (Å²) in [6.07, 6.45) is 0. The molecule has 1 atom stereocenters. The van der Waals surface area contributed by atoms with Crippen molar-refractivity contribution in [2.24, 2.45) is 10.8 Å². The molecule has 2 heterocycles. The number of hydrogen-bond donors (Lipinski definition) is 3. The Bertz CT molecular complexity index is 242. The largest absolute Gasteiger partial charge is 0.377 e. The first-order chi connectivity index (χ1) is 5.20. The Hall–Kier alpha value is -0.560. The minimum absolute atomic E-state index is 0.0325. The van der Waals surface area contributed by atoms with Crippen molar-refractivity contribution >= 4 is 33.9 Å². The molecule has 0 aromatic rings. The SMILES string of the molecule is NC1=NNC2(CSC(=O)N2)S1. The van der Waals surface area contributed by atoms with E-state index in [4.69, 9.17) is 5.73 Å². The molecule has 0 aliphatic carbocycles. The number of nitrogens with zero attached hydrogens (tertiary/aromatic N) is 1. The van der Waals surface area contributed by atoms with Crippen molar-refractivity contribution in [1.82, 2.24) is 10.7 Å². The smallest absolute Gasteiger partial charge is 0.281 e. The third-order valence-corrected chi connectivity index (χ3v) is 3.45. The summed E-state index contributed by atoms with van der Waals surface area (Å²) >= 11 is 2.58. The van der Waals surface area contributed by atoms with Crippen molar-refractivity contribution in [2.75, 3.05) is 5.75 Å². The Labute approximate surface area is 71.5 Å². The van der Waals surface area contributed by atoms with Crippen LogP contribution < -0.4 is 16.5 Å². The highest BCUT2D eigenvalue weighted by molar-refractivity contribution is 8.19. The Morgan fingerprint density at radius 2 is 2.55 bits per heavy atom. The predicted molar refractivity (Wildman–Crippen MR) is 46.1 cm³/mol. The molecule has 2 aliphatic rings. The molecule has 2 aliphatic heterocycles. The van der Waals surface area contributed by atoms with Crippen LogP contribution in [0.25, 0.3) is 0 Å². The normalized spacial score (nSPS) is 35.3. The minimum Gasteiger partial charge on any atom is -0.377 e. The van der Waals surface area contributed by atoms with E-state index in [1.54, 1.807) is 0 Å². The Morgan fingerprint density at radius 3 is 3.00 bits per heavy atom. The molecule has 0 bridgehead atoms. The maximum atomic E-state index is 10.8. The molecule has 11 heavy (non-hydrogen) atoms. The highest BCUT2D eigenvalue weighted by Gasteiger charge is 2.43. The molecule has 5 nitrogen and oxygen atoms in total. The second-order valence-corrected chi connectivity index (χ2v) is 4.46. The molecular weight excluding hydrogens is 184 g/mol. The van der Waals surface area contributed by atoms with E-state index in [0.29, 0.717) is 10.9 Å². The average Bonchev–Trinajstić information content (AvgIpc) is 2.44. The van der Waals surface area contributed by atoms with E-state index in [-0.39, 0.29) is 5.24 Å². The first kappa shape index (κ1) is 7.11. The first-order valence-corrected chi connectivity index (χ1v) is 4.75. The van der Waals surface area contributed by atoms with Crippen molar-refractivity contribution in [3.8, 4) is 0 Å². The molecule has 2 rings (SSSR count). The topological polar surface area (TPSA) is 79.5 Å². The van der Waals surface area contributed by atoms with Crippen molar-refractivity contribution < 1.29 is 4.79 Å². The molecule has 4 N–H and O–H groups in total. The van der Waals surface area contributed by atoms with Crippen molar-refractivity contribution in [3.63, 3.8) is 0 Å². The van der Waals surface area contributed by atoms with E-state index in [9.17, 15) is 4.79 Å². The van der Waals surface area contributed by atoms with Crippen molar-refractivity contribution in [3.05, 3.63) is 0 Å². The monoisotopic (exact) mass is 190 g/mol. The van der Waals surface area contributed by atoms with Crippen LogP contribution in [0.3, 0.4) is 0 Å². The Balaban J connectivity index is 2.11. The zero-order valence-corrected chi connectivity index (χ0v) is 7.09. The third-order valence-electron chi connectivity index (χ3n) is 1.34. The number of carbonyl (C=O) groups excluding carboxylic acids is 1. The lowest BCUT2D eigenvalue weighted by atomic mass is 10.6. The van der Waals surface area contributed by atoms with Crippen molar-refractivity contribution in [1.29, 1.82) is 0 Å². The number of carbonyl (C=O) groups is 1. The zero-order chi connectivity index (χ0) is 7.90. The molecule has 1 saturated heterocycles. The first-order valence-electron chi connectivity index (χ1n) is 2.94. The molecule has 1 spiro atoms. The number of hydrogen-bond acceptors (Lipinski definition) is 6. The van der Waals surface area contributed by atoms with Crippen LogP contribution in [0.4, 0.5) is 4.79 Å². The summed E-state index contributed by atoms with van der Waals surface area (Å²) in [4.78, 5) is 10.4. The van der Waals surface area contributed by atoms with Crippen molar-refractivity contribution in [2.45, 2.75) is 4.99 Å². The minimum atomic E-state index is -0.466. The average molecular weight is 190 g/mol. The summed E-state index contributed by atoms with van der Waals surface area (Å²) in [5, 5.41) is 6.96. The van der Waals surface area contributed by atoms with Crippen LogP contribution in [0.2, 0.25) is 0 Å². The fourth-order valence-electron chi connectivity index (χ4n) is 0.889. The van der Waals surface area contributed by atoms with Gasteiger partial charge in [0.15, 0.2) is 10.2 Å². The van der Waals surface area contributed by atoms with Gasteiger partial charge in [-0.2, -0.15) is 5.10 Å². The molecule has 7 heteroatoms. The third kappa shape index (κ3) is 1.14. The van der Waals surface area contributed by atoms with Crippen LogP contribution in [-0.4, -0.2) is 21.2 Å². The quantitative estimate of drug-likeness (QED) is 0.487. The highest BCUT2D eigenvalue weighted by atomic mass is 32.2. The van der Waals surface area contributed by atoms with Gasteiger partial charge >= 0.3 is 0 Å². The van der Waals surface area contributed by atoms with E-state index in [0.717, 1.165) is 0 Å². The van der Waals surface area contributed by atoms with Gasteiger partial charge in [0.05, 0.1) is 5.75 Å². The number of hydrazone groups is 1. The summed E-state index contributed by atoms with van der Waals surface area (Å²) < 4.78 is 0. The van der Waals surface area contributed by atoms with Crippen LogP contribution in [0.5, 0.6) is 0 Å². The molecule has 1 fully saturated rings. The standard InChI is InChI=1S/C4H6N4OS2/c5-2-7-8-4(11-2)1-10-3(9)6-4/h8H,1H2,(H2,5,7)(H,6,9). The fourth-order valence-corrected chi connectivity index (χ4v) is 2.77. The summed E-state index contributed by atoms with van der Waals surface area (Å²) in [7, 11) is 0. The molecule has 0 saturated carbocycles. The Morgan fingerprint density at radius 1 is 1.73 bits per heavy atom. The predicted octanol–water partition coefficient (Wildman–Crippen LogP) is -0.337. The maximum Gasteiger partial charge on any atom is 0.281 e. The van der Waals surface area contributed by atoms with Gasteiger partial charge in [-0.1, -0.05) is 11.8 Å². The number of nitrogens with one attached hydrogen (secondary N) is 2. The second-order valence-electron chi connectivity index (χ2n) is 2.19. The van der Waals surface area contributed by atoms with Gasteiger partial charge in [0.1, 0.15) is 0 Å². The van der Waals surface area contributed by atoms with Crippen LogP contribution in [0, 0.1) is 0 Å². The number of rotatable bonds is 0. The molecule has 0 radical (unpaired) electrons. The molecule has 1 unspecified atom stereocenters. The zero-order valence-electron chi connectivity index (χ0n) is 5.46. The molecular formula is C4H6N4OS2. The summed E-state index contributed by atoms with van der Waals surface area (Å²) in [6.45, 7) is 0. The van der Waals surface area contributed by atoms with Crippen LogP contribution in [-0.2, 0) is 0 Å². The van der Waals surface area contributed by atoms with Gasteiger partial charge in [-0.05, 0) is 11.8 Å². The molecule has 60 valence electrons. The number of amides is 1. The van der Waals surface area contributed by atoms with E-state index in [1.165, 1.54) is 23.5 Å². The summed E-state index contributed by atoms with van der Waals surface area (Å²) in [6, 6.07) is 0. The second kappa shape index (κ2) is 2.21. The maximum absolute atomic E-state index is 10.8. The number of amidine groups is 1. The van der Waals surface area contributed by atoms with Gasteiger partial charge in [-0.3, -0.25) is 10.2 Å². The van der Waals surface area contributed by atoms with Gasteiger partial charge in [0.25, 0.3) is 5.24 Å². The van der Waals surface area contributed by atoms with E-state index < -0.39 is 4.99 Å². The highest BCUT2D eigenvalue weighted by Crippen LogP contribution is 2.33. The fraction of sp³-hybridized carbons (Fsp3) is 0.500. The van der Waals surface area contributed by atoms with Crippen LogP contribution >= 0.6 is 23.5 Å². The van der Waals surface area contributed by atoms with Gasteiger partial charge < -0.3 is 11.1 Å². The van der Waals surface area contributed by atoms with Crippen LogP contribution in [0.1, 0.15) is 0 Å². The lowest BCUT2D eigenvalue weighted by Crippen LogP contribution is -2.48. The van der Waals surface area contributed by atoms with Gasteiger partial charge in [0.2, 0.25) is 0 Å². The van der Waals surface area contributed by atoms with E-state index in [1.807, 2.05) is 0 Å². The van der Waals surface area contributed by atoms with Gasteiger partial charge in [0, 0.05) is 0 Å².